The number of hydrogen-bond donors (Lipinski definition) is 0. The van der Waals surface area contributed by atoms with Crippen LogP contribution in [-0.4, -0.2) is 17.6 Å². The van der Waals surface area contributed by atoms with E-state index in [4.69, 9.17) is 0 Å². The number of Topliss-reactive ketones (excluding diaryl/α,β-unsaturated/α-hetero) is 1. The number of halogens is 2. The van der Waals surface area contributed by atoms with E-state index in [1.807, 2.05) is 0 Å². The Morgan fingerprint density at radius 3 is 1.90 bits per heavy atom. The minimum absolute atomic E-state index is 0.147. The highest BCUT2D eigenvalue weighted by Gasteiger charge is 2.21. The summed E-state index contributed by atoms with van der Waals surface area (Å²) in [7, 11) is -1.19. The smallest absolute Gasteiger partial charge is 0.154 e. The standard InChI is InChI=1S/C6H12Br2OSi/c1-10(2,3)4-5(9)6(7)8/h6H,4H2,1-3H3. The van der Waals surface area contributed by atoms with Crippen molar-refractivity contribution in [3.8, 4) is 0 Å². The maximum absolute atomic E-state index is 11.1. The molecule has 0 aliphatic heterocycles. The molecule has 0 bridgehead atoms. The first kappa shape index (κ1) is 10.8. The van der Waals surface area contributed by atoms with Gasteiger partial charge in [-0.25, -0.2) is 0 Å². The minimum Gasteiger partial charge on any atom is -0.298 e. The van der Waals surface area contributed by atoms with Crippen molar-refractivity contribution in [2.45, 2.75) is 29.4 Å². The third-order valence-electron chi connectivity index (χ3n) is 0.948. The van der Waals surface area contributed by atoms with Crippen molar-refractivity contribution < 1.29 is 4.79 Å². The third kappa shape index (κ3) is 5.62. The Bertz CT molecular complexity index is 128. The molecule has 0 aliphatic carbocycles. The molecule has 0 fully saturated rings. The number of ketones is 1. The van der Waals surface area contributed by atoms with Gasteiger partial charge in [-0.05, 0) is 0 Å². The van der Waals surface area contributed by atoms with Gasteiger partial charge in [0.25, 0.3) is 0 Å². The summed E-state index contributed by atoms with van der Waals surface area (Å²) in [5.74, 6) is 0.263. The number of rotatable bonds is 3. The molecular formula is C6H12Br2OSi. The lowest BCUT2D eigenvalue weighted by Crippen LogP contribution is -2.26. The lowest BCUT2D eigenvalue weighted by atomic mass is 10.5. The van der Waals surface area contributed by atoms with E-state index >= 15 is 0 Å². The Kier molecular flexibility index (Phi) is 4.36. The van der Waals surface area contributed by atoms with Gasteiger partial charge in [-0.15, -0.1) is 0 Å². The summed E-state index contributed by atoms with van der Waals surface area (Å²) in [4.78, 5) is 11.1. The van der Waals surface area contributed by atoms with Crippen LogP contribution >= 0.6 is 31.9 Å². The van der Waals surface area contributed by atoms with Crippen LogP contribution in [0.3, 0.4) is 0 Å². The number of carbonyl (C=O) groups is 1. The van der Waals surface area contributed by atoms with E-state index in [1.54, 1.807) is 0 Å². The van der Waals surface area contributed by atoms with Gasteiger partial charge in [0.2, 0.25) is 0 Å². The molecule has 0 N–H and O–H groups in total. The average Bonchev–Trinajstić information content (AvgIpc) is 1.60. The maximum Gasteiger partial charge on any atom is 0.154 e. The maximum atomic E-state index is 11.1. The van der Waals surface area contributed by atoms with E-state index in [-0.39, 0.29) is 9.52 Å². The van der Waals surface area contributed by atoms with Crippen molar-refractivity contribution in [3.63, 3.8) is 0 Å². The predicted octanol–water partition coefficient (Wildman–Crippen LogP) is 3.01. The zero-order chi connectivity index (χ0) is 8.36. The number of carbonyl (C=O) groups excluding carboxylic acids is 1. The zero-order valence-corrected chi connectivity index (χ0v) is 10.6. The summed E-state index contributed by atoms with van der Waals surface area (Å²) in [5, 5.41) is 0. The van der Waals surface area contributed by atoms with Gasteiger partial charge in [0.15, 0.2) is 5.78 Å². The predicted molar refractivity (Wildman–Crippen MR) is 54.8 cm³/mol. The second-order valence-electron chi connectivity index (χ2n) is 3.50. The average molecular weight is 288 g/mol. The summed E-state index contributed by atoms with van der Waals surface area (Å²) < 4.78 is -0.147. The summed E-state index contributed by atoms with van der Waals surface area (Å²) in [6.07, 6.45) is 0. The minimum atomic E-state index is -1.19. The Morgan fingerprint density at radius 2 is 1.80 bits per heavy atom. The first-order valence-corrected chi connectivity index (χ1v) is 8.67. The van der Waals surface area contributed by atoms with Gasteiger partial charge < -0.3 is 0 Å². The van der Waals surface area contributed by atoms with Gasteiger partial charge in [-0.2, -0.15) is 0 Å². The van der Waals surface area contributed by atoms with Crippen molar-refractivity contribution in [3.05, 3.63) is 0 Å². The van der Waals surface area contributed by atoms with Crippen molar-refractivity contribution in [1.29, 1.82) is 0 Å². The lowest BCUT2D eigenvalue weighted by molar-refractivity contribution is -0.115. The van der Waals surface area contributed by atoms with Crippen LogP contribution in [0.5, 0.6) is 0 Å². The highest BCUT2D eigenvalue weighted by Crippen LogP contribution is 2.17. The highest BCUT2D eigenvalue weighted by atomic mass is 79.9. The van der Waals surface area contributed by atoms with E-state index < -0.39 is 8.07 Å². The Balaban J connectivity index is 3.81. The van der Waals surface area contributed by atoms with Gasteiger partial charge in [-0.3, -0.25) is 4.79 Å². The molecule has 0 atom stereocenters. The SMILES string of the molecule is C[Si](C)(C)CC(=O)C(Br)Br. The van der Waals surface area contributed by atoms with E-state index in [0.717, 1.165) is 6.04 Å². The summed E-state index contributed by atoms with van der Waals surface area (Å²) in [6.45, 7) is 6.56. The van der Waals surface area contributed by atoms with E-state index in [9.17, 15) is 4.79 Å². The molecule has 0 saturated carbocycles. The molecule has 0 saturated heterocycles. The van der Waals surface area contributed by atoms with Crippen LogP contribution in [0.4, 0.5) is 0 Å². The fourth-order valence-electron chi connectivity index (χ4n) is 0.600. The van der Waals surface area contributed by atoms with E-state index in [0.29, 0.717) is 0 Å². The van der Waals surface area contributed by atoms with E-state index in [2.05, 4.69) is 51.5 Å². The molecule has 10 heavy (non-hydrogen) atoms. The molecule has 0 aromatic rings. The first-order chi connectivity index (χ1) is 4.33. The Hall–Kier alpha value is 0.847. The molecule has 0 spiro atoms. The molecule has 0 rings (SSSR count). The molecule has 0 aromatic carbocycles. The van der Waals surface area contributed by atoms with Crippen molar-refractivity contribution in [2.75, 3.05) is 0 Å². The molecule has 0 heterocycles. The summed E-state index contributed by atoms with van der Waals surface area (Å²) in [5.41, 5.74) is 0. The van der Waals surface area contributed by atoms with Crippen molar-refractivity contribution >= 4 is 45.7 Å². The second kappa shape index (κ2) is 4.02. The van der Waals surface area contributed by atoms with Crippen LogP contribution in [0.25, 0.3) is 0 Å². The number of hydrogen-bond acceptors (Lipinski definition) is 1. The normalized spacial score (nSPS) is 12.2. The molecule has 60 valence electrons. The quantitative estimate of drug-likeness (QED) is 0.576. The van der Waals surface area contributed by atoms with Gasteiger partial charge in [0.1, 0.15) is 3.74 Å². The fourth-order valence-corrected chi connectivity index (χ4v) is 2.77. The molecule has 4 heteroatoms. The van der Waals surface area contributed by atoms with Crippen LogP contribution in [0.15, 0.2) is 0 Å². The van der Waals surface area contributed by atoms with Crippen LogP contribution < -0.4 is 0 Å². The monoisotopic (exact) mass is 286 g/mol. The van der Waals surface area contributed by atoms with Gasteiger partial charge >= 0.3 is 0 Å². The second-order valence-corrected chi connectivity index (χ2v) is 12.0. The topological polar surface area (TPSA) is 17.1 Å². The molecule has 0 unspecified atom stereocenters. The summed E-state index contributed by atoms with van der Waals surface area (Å²) in [6, 6.07) is 0.744. The molecule has 0 aliphatic rings. The third-order valence-corrected chi connectivity index (χ3v) is 3.38. The first-order valence-electron chi connectivity index (χ1n) is 3.14. The van der Waals surface area contributed by atoms with Crippen LogP contribution in [0.1, 0.15) is 0 Å². The lowest BCUT2D eigenvalue weighted by Gasteiger charge is -2.14. The zero-order valence-electron chi connectivity index (χ0n) is 6.45. The summed E-state index contributed by atoms with van der Waals surface area (Å²) >= 11 is 6.36. The molecular weight excluding hydrogens is 276 g/mol. The van der Waals surface area contributed by atoms with Gasteiger partial charge in [0, 0.05) is 6.04 Å². The molecule has 0 aromatic heterocycles. The van der Waals surface area contributed by atoms with Crippen molar-refractivity contribution in [2.24, 2.45) is 0 Å². The van der Waals surface area contributed by atoms with Gasteiger partial charge in [0.05, 0.1) is 8.07 Å². The van der Waals surface area contributed by atoms with Crippen LogP contribution in [0.2, 0.25) is 25.7 Å². The van der Waals surface area contributed by atoms with Crippen molar-refractivity contribution in [1.82, 2.24) is 0 Å². The van der Waals surface area contributed by atoms with Crippen LogP contribution in [0, 0.1) is 0 Å². The van der Waals surface area contributed by atoms with E-state index in [1.165, 1.54) is 0 Å². The molecule has 1 nitrogen and oxygen atoms in total. The highest BCUT2D eigenvalue weighted by molar-refractivity contribution is 9.25. The largest absolute Gasteiger partial charge is 0.298 e. The Morgan fingerprint density at radius 1 is 1.40 bits per heavy atom. The fraction of sp³-hybridized carbons (Fsp3) is 0.833. The molecule has 0 radical (unpaired) electrons. The Labute approximate surface area is 79.8 Å². The molecule has 0 amide bonds. The van der Waals surface area contributed by atoms with Gasteiger partial charge in [-0.1, -0.05) is 51.5 Å². The number of alkyl halides is 2. The van der Waals surface area contributed by atoms with Crippen LogP contribution in [-0.2, 0) is 4.79 Å².